The highest BCUT2D eigenvalue weighted by atomic mass is 16.1. The molecule has 364 valence electrons. The van der Waals surface area contributed by atoms with E-state index in [0.717, 1.165) is 32.1 Å². The van der Waals surface area contributed by atoms with Gasteiger partial charge in [0.05, 0.1) is 0 Å². The highest BCUT2D eigenvalue weighted by molar-refractivity contribution is 5.78. The molecule has 1 nitrogen and oxygen atoms in total. The van der Waals surface area contributed by atoms with Crippen molar-refractivity contribution in [1.29, 1.82) is 0 Å². The van der Waals surface area contributed by atoms with Crippen LogP contribution >= 0.6 is 0 Å². The molecule has 0 aliphatic rings. The van der Waals surface area contributed by atoms with Crippen LogP contribution in [-0.4, -0.2) is 5.78 Å². The molecule has 0 amide bonds. The second-order valence-electron chi connectivity index (χ2n) is 20.5. The first-order chi connectivity index (χ1) is 30.2. The van der Waals surface area contributed by atoms with Crippen molar-refractivity contribution >= 4 is 5.78 Å². The van der Waals surface area contributed by atoms with Gasteiger partial charge >= 0.3 is 0 Å². The standard InChI is InChI=1S/C60H118O/c1-4-7-10-13-16-19-22-25-28-31-34-37-40-43-46-49-54-59(55-50-47-44-41-38-35-32-29-26-23-20-17-14-11-8-5-2)56-52-53-58-60(61)57-51-48-45-42-39-36-33-30-27-24-21-18-15-12-9-6-3/h56H,4-55,57-58H2,1-3H3. The van der Waals surface area contributed by atoms with Crippen LogP contribution in [0.15, 0.2) is 11.6 Å². The van der Waals surface area contributed by atoms with Crippen LogP contribution in [0.25, 0.3) is 0 Å². The van der Waals surface area contributed by atoms with E-state index in [-0.39, 0.29) is 0 Å². The molecule has 0 saturated heterocycles. The Morgan fingerprint density at radius 2 is 0.410 bits per heavy atom. The number of hydrogen-bond acceptors (Lipinski definition) is 1. The van der Waals surface area contributed by atoms with Crippen molar-refractivity contribution in [3.8, 4) is 0 Å². The third kappa shape index (κ3) is 53.7. The normalized spacial score (nSPS) is 11.5. The molecule has 0 fully saturated rings. The Morgan fingerprint density at radius 3 is 0.639 bits per heavy atom. The molecule has 0 heterocycles. The van der Waals surface area contributed by atoms with Gasteiger partial charge in [-0.05, 0) is 44.9 Å². The summed E-state index contributed by atoms with van der Waals surface area (Å²) in [6.45, 7) is 6.93. The Hall–Kier alpha value is -0.590. The van der Waals surface area contributed by atoms with Gasteiger partial charge in [-0.3, -0.25) is 4.79 Å². The van der Waals surface area contributed by atoms with Crippen LogP contribution in [0.5, 0.6) is 0 Å². The first kappa shape index (κ1) is 60.4. The van der Waals surface area contributed by atoms with Crippen LogP contribution in [-0.2, 0) is 4.79 Å². The van der Waals surface area contributed by atoms with E-state index in [9.17, 15) is 4.79 Å². The maximum absolute atomic E-state index is 12.7. The van der Waals surface area contributed by atoms with Gasteiger partial charge in [0.15, 0.2) is 0 Å². The largest absolute Gasteiger partial charge is 0.300 e. The van der Waals surface area contributed by atoms with Gasteiger partial charge in [-0.2, -0.15) is 0 Å². The Kier molecular flexibility index (Phi) is 55.0. The van der Waals surface area contributed by atoms with Crippen LogP contribution in [0.3, 0.4) is 0 Å². The SMILES string of the molecule is CCCCCCCCCCCCCCCCCCC(=O)CCCC=C(CCCCCCCCCCCCCCCCCC)CCCCCCCCCCCCCCCCCC. The minimum atomic E-state index is 0.524. The number of rotatable bonds is 55. The Bertz CT molecular complexity index is 787. The average molecular weight is 856 g/mol. The molecule has 0 atom stereocenters. The molecular formula is C60H118O. The summed E-state index contributed by atoms with van der Waals surface area (Å²) >= 11 is 0. The molecule has 0 spiro atoms. The molecule has 0 aromatic rings. The lowest BCUT2D eigenvalue weighted by molar-refractivity contribution is -0.119. The molecule has 0 rings (SSSR count). The number of carbonyl (C=O) groups excluding carboxylic acids is 1. The maximum Gasteiger partial charge on any atom is 0.132 e. The van der Waals surface area contributed by atoms with Gasteiger partial charge < -0.3 is 0 Å². The van der Waals surface area contributed by atoms with Gasteiger partial charge in [0.2, 0.25) is 0 Å². The molecule has 1 heteroatoms. The third-order valence-electron chi connectivity index (χ3n) is 14.1. The monoisotopic (exact) mass is 855 g/mol. The summed E-state index contributed by atoms with van der Waals surface area (Å²) in [5.41, 5.74) is 1.72. The van der Waals surface area contributed by atoms with Crippen molar-refractivity contribution in [2.24, 2.45) is 0 Å². The van der Waals surface area contributed by atoms with E-state index in [4.69, 9.17) is 0 Å². The van der Waals surface area contributed by atoms with E-state index < -0.39 is 0 Å². The lowest BCUT2D eigenvalue weighted by atomic mass is 9.97. The van der Waals surface area contributed by atoms with Crippen LogP contribution < -0.4 is 0 Å². The van der Waals surface area contributed by atoms with Gasteiger partial charge in [-0.1, -0.05) is 321 Å². The quantitative estimate of drug-likeness (QED) is 0.0440. The molecule has 0 N–H and O–H groups in total. The summed E-state index contributed by atoms with van der Waals surface area (Å²) in [6.07, 6.45) is 77.5. The number of unbranched alkanes of at least 4 members (excludes halogenated alkanes) is 46. The predicted octanol–water partition coefficient (Wildman–Crippen LogP) is 22.6. The predicted molar refractivity (Wildman–Crippen MR) is 279 cm³/mol. The lowest BCUT2D eigenvalue weighted by Crippen LogP contribution is -1.97. The molecule has 0 aliphatic heterocycles. The number of hydrogen-bond donors (Lipinski definition) is 0. The highest BCUT2D eigenvalue weighted by Crippen LogP contribution is 2.22. The maximum atomic E-state index is 12.7. The van der Waals surface area contributed by atoms with Crippen molar-refractivity contribution in [3.63, 3.8) is 0 Å². The van der Waals surface area contributed by atoms with E-state index in [1.54, 1.807) is 5.57 Å². The van der Waals surface area contributed by atoms with Crippen molar-refractivity contribution < 1.29 is 4.79 Å². The summed E-state index contributed by atoms with van der Waals surface area (Å²) in [5, 5.41) is 0. The van der Waals surface area contributed by atoms with Gasteiger partial charge in [0.25, 0.3) is 0 Å². The van der Waals surface area contributed by atoms with Gasteiger partial charge in [-0.25, -0.2) is 0 Å². The minimum absolute atomic E-state index is 0.524. The van der Waals surface area contributed by atoms with Crippen LogP contribution in [0.1, 0.15) is 367 Å². The van der Waals surface area contributed by atoms with Crippen molar-refractivity contribution in [2.45, 2.75) is 367 Å². The topological polar surface area (TPSA) is 17.1 Å². The Balaban J connectivity index is 4.11. The van der Waals surface area contributed by atoms with Crippen molar-refractivity contribution in [1.82, 2.24) is 0 Å². The molecule has 0 unspecified atom stereocenters. The lowest BCUT2D eigenvalue weighted by Gasteiger charge is -2.09. The number of carbonyl (C=O) groups is 1. The highest BCUT2D eigenvalue weighted by Gasteiger charge is 2.04. The average Bonchev–Trinajstić information content (AvgIpc) is 3.27. The molecular weight excluding hydrogens is 737 g/mol. The number of allylic oxidation sites excluding steroid dienone is 2. The van der Waals surface area contributed by atoms with Gasteiger partial charge in [0.1, 0.15) is 5.78 Å². The van der Waals surface area contributed by atoms with Crippen molar-refractivity contribution in [3.05, 3.63) is 11.6 Å². The van der Waals surface area contributed by atoms with Crippen molar-refractivity contribution in [2.75, 3.05) is 0 Å². The van der Waals surface area contributed by atoms with Gasteiger partial charge in [-0.15, -0.1) is 0 Å². The molecule has 0 aliphatic carbocycles. The summed E-state index contributed by atoms with van der Waals surface area (Å²) in [7, 11) is 0. The zero-order chi connectivity index (χ0) is 44.0. The van der Waals surface area contributed by atoms with Crippen LogP contribution in [0, 0.1) is 0 Å². The third-order valence-corrected chi connectivity index (χ3v) is 14.1. The first-order valence-corrected chi connectivity index (χ1v) is 29.4. The zero-order valence-corrected chi connectivity index (χ0v) is 43.2. The minimum Gasteiger partial charge on any atom is -0.300 e. The molecule has 0 radical (unpaired) electrons. The second kappa shape index (κ2) is 55.5. The Morgan fingerprint density at radius 1 is 0.230 bits per heavy atom. The van der Waals surface area contributed by atoms with E-state index in [1.807, 2.05) is 0 Å². The summed E-state index contributed by atoms with van der Waals surface area (Å²) in [6, 6.07) is 0. The number of Topliss-reactive ketones (excluding diaryl/α,β-unsaturated/α-hetero) is 1. The molecule has 61 heavy (non-hydrogen) atoms. The number of ketones is 1. The summed E-state index contributed by atoms with van der Waals surface area (Å²) in [5.74, 6) is 0.524. The van der Waals surface area contributed by atoms with Crippen LogP contribution in [0.4, 0.5) is 0 Å². The Labute approximate surface area is 388 Å². The fourth-order valence-electron chi connectivity index (χ4n) is 9.73. The molecule has 0 saturated carbocycles. The molecule has 0 aromatic heterocycles. The summed E-state index contributed by atoms with van der Waals surface area (Å²) in [4.78, 5) is 12.7. The fourth-order valence-corrected chi connectivity index (χ4v) is 9.73. The summed E-state index contributed by atoms with van der Waals surface area (Å²) < 4.78 is 0. The van der Waals surface area contributed by atoms with E-state index in [1.165, 1.54) is 315 Å². The first-order valence-electron chi connectivity index (χ1n) is 29.4. The van der Waals surface area contributed by atoms with E-state index in [2.05, 4.69) is 26.8 Å². The van der Waals surface area contributed by atoms with Crippen LogP contribution in [0.2, 0.25) is 0 Å². The van der Waals surface area contributed by atoms with Gasteiger partial charge in [0, 0.05) is 12.8 Å². The smallest absolute Gasteiger partial charge is 0.132 e. The fraction of sp³-hybridized carbons (Fsp3) is 0.950. The molecule has 0 bridgehead atoms. The van der Waals surface area contributed by atoms with E-state index in [0.29, 0.717) is 5.78 Å². The van der Waals surface area contributed by atoms with E-state index >= 15 is 0 Å². The zero-order valence-electron chi connectivity index (χ0n) is 43.2. The second-order valence-corrected chi connectivity index (χ2v) is 20.5. The molecule has 0 aromatic carbocycles.